The summed E-state index contributed by atoms with van der Waals surface area (Å²) in [4.78, 5) is 16.0. The first kappa shape index (κ1) is 19.9. The topological polar surface area (TPSA) is 124 Å². The number of hydrogen-bond donors (Lipinski definition) is 3. The van der Waals surface area contributed by atoms with Gasteiger partial charge in [0.05, 0.1) is 16.5 Å². The minimum atomic E-state index is -3.79. The molecule has 29 heavy (non-hydrogen) atoms. The van der Waals surface area contributed by atoms with Crippen molar-refractivity contribution < 1.29 is 13.2 Å². The average molecular weight is 407 g/mol. The SMILES string of the molecule is N#Cc1ccc(NS(=O)(=O)c2ccc(NC(=O)NCc3cccnc3)cc2)cc1. The van der Waals surface area contributed by atoms with Crippen LogP contribution in [-0.2, 0) is 16.6 Å². The summed E-state index contributed by atoms with van der Waals surface area (Å²) in [6, 6.07) is 17.0. The number of anilines is 2. The van der Waals surface area contributed by atoms with Crippen LogP contribution in [0.2, 0.25) is 0 Å². The maximum atomic E-state index is 12.5. The molecule has 0 bridgehead atoms. The Labute approximate surface area is 168 Å². The molecule has 0 fully saturated rings. The number of rotatable bonds is 6. The van der Waals surface area contributed by atoms with E-state index < -0.39 is 16.1 Å². The van der Waals surface area contributed by atoms with Gasteiger partial charge in [-0.2, -0.15) is 5.26 Å². The predicted octanol–water partition coefficient (Wildman–Crippen LogP) is 3.08. The fourth-order valence-corrected chi connectivity index (χ4v) is 3.46. The van der Waals surface area contributed by atoms with Crippen LogP contribution in [0.25, 0.3) is 0 Å². The van der Waals surface area contributed by atoms with Gasteiger partial charge in [-0.1, -0.05) is 6.07 Å². The van der Waals surface area contributed by atoms with E-state index in [4.69, 9.17) is 5.26 Å². The lowest BCUT2D eigenvalue weighted by Crippen LogP contribution is -2.28. The van der Waals surface area contributed by atoms with Gasteiger partial charge < -0.3 is 10.6 Å². The highest BCUT2D eigenvalue weighted by Gasteiger charge is 2.14. The summed E-state index contributed by atoms with van der Waals surface area (Å²) >= 11 is 0. The molecule has 3 rings (SSSR count). The third-order valence-electron chi connectivity index (χ3n) is 3.86. The molecule has 0 spiro atoms. The Bertz CT molecular complexity index is 1120. The lowest BCUT2D eigenvalue weighted by atomic mass is 10.2. The summed E-state index contributed by atoms with van der Waals surface area (Å²) in [6.45, 7) is 0.320. The van der Waals surface area contributed by atoms with Gasteiger partial charge in [-0.15, -0.1) is 0 Å². The van der Waals surface area contributed by atoms with E-state index in [9.17, 15) is 13.2 Å². The van der Waals surface area contributed by atoms with Gasteiger partial charge in [-0.25, -0.2) is 13.2 Å². The first-order valence-electron chi connectivity index (χ1n) is 8.53. The standard InChI is InChI=1S/C20H17N5O3S/c21-12-15-3-5-18(6-4-15)25-29(27,28)19-9-7-17(8-10-19)24-20(26)23-14-16-2-1-11-22-13-16/h1-11,13,25H,14H2,(H2,23,24,26). The molecule has 0 saturated carbocycles. The van der Waals surface area contributed by atoms with E-state index in [1.54, 1.807) is 18.5 Å². The highest BCUT2D eigenvalue weighted by atomic mass is 32.2. The molecule has 3 aromatic rings. The molecule has 0 aliphatic carbocycles. The number of nitrogens with zero attached hydrogens (tertiary/aromatic N) is 2. The molecular weight excluding hydrogens is 390 g/mol. The predicted molar refractivity (Wildman–Crippen MR) is 109 cm³/mol. The number of carbonyl (C=O) groups is 1. The smallest absolute Gasteiger partial charge is 0.319 e. The van der Waals surface area contributed by atoms with Gasteiger partial charge in [0.15, 0.2) is 0 Å². The van der Waals surface area contributed by atoms with Crippen LogP contribution in [0, 0.1) is 11.3 Å². The summed E-state index contributed by atoms with van der Waals surface area (Å²) in [5.41, 5.74) is 2.09. The second kappa shape index (κ2) is 8.86. The fourth-order valence-electron chi connectivity index (χ4n) is 2.40. The summed E-state index contributed by atoms with van der Waals surface area (Å²) in [6.07, 6.45) is 3.30. The maximum Gasteiger partial charge on any atom is 0.319 e. The number of benzene rings is 2. The van der Waals surface area contributed by atoms with E-state index in [1.165, 1.54) is 48.5 Å². The summed E-state index contributed by atoms with van der Waals surface area (Å²) in [5, 5.41) is 14.1. The molecule has 0 aliphatic heterocycles. The van der Waals surface area contributed by atoms with Gasteiger partial charge in [0.25, 0.3) is 10.0 Å². The number of sulfonamides is 1. The monoisotopic (exact) mass is 407 g/mol. The maximum absolute atomic E-state index is 12.5. The van der Waals surface area contributed by atoms with E-state index in [2.05, 4.69) is 20.3 Å². The van der Waals surface area contributed by atoms with E-state index in [0.717, 1.165) is 5.56 Å². The molecule has 0 radical (unpaired) electrons. The molecule has 0 unspecified atom stereocenters. The van der Waals surface area contributed by atoms with Gasteiger partial charge >= 0.3 is 6.03 Å². The first-order chi connectivity index (χ1) is 14.0. The third kappa shape index (κ3) is 5.54. The number of amides is 2. The molecule has 9 heteroatoms. The molecule has 1 aromatic heterocycles. The van der Waals surface area contributed by atoms with E-state index >= 15 is 0 Å². The van der Waals surface area contributed by atoms with Gasteiger partial charge in [-0.05, 0) is 60.2 Å². The third-order valence-corrected chi connectivity index (χ3v) is 5.26. The molecule has 146 valence electrons. The Kier molecular flexibility index (Phi) is 6.06. The van der Waals surface area contributed by atoms with Crippen molar-refractivity contribution >= 4 is 27.4 Å². The average Bonchev–Trinajstić information content (AvgIpc) is 2.74. The van der Waals surface area contributed by atoms with Crippen LogP contribution in [-0.4, -0.2) is 19.4 Å². The molecular formula is C20H17N5O3S. The zero-order valence-corrected chi connectivity index (χ0v) is 16.0. The number of pyridine rings is 1. The van der Waals surface area contributed by atoms with Gasteiger partial charge in [0.2, 0.25) is 0 Å². The Balaban J connectivity index is 1.59. The number of carbonyl (C=O) groups excluding carboxylic acids is 1. The minimum Gasteiger partial charge on any atom is -0.334 e. The van der Waals surface area contributed by atoms with Gasteiger partial charge in [0, 0.05) is 30.3 Å². The van der Waals surface area contributed by atoms with Crippen molar-refractivity contribution in [3.8, 4) is 6.07 Å². The van der Waals surface area contributed by atoms with E-state index in [1.807, 2.05) is 12.1 Å². The van der Waals surface area contributed by atoms with E-state index in [-0.39, 0.29) is 4.90 Å². The van der Waals surface area contributed by atoms with Crippen LogP contribution in [0.4, 0.5) is 16.2 Å². The fraction of sp³-hybridized carbons (Fsp3) is 0.0500. The summed E-state index contributed by atoms with van der Waals surface area (Å²) < 4.78 is 27.4. The Hall–Kier alpha value is -3.90. The molecule has 0 atom stereocenters. The second-order valence-electron chi connectivity index (χ2n) is 5.99. The molecule has 0 aliphatic rings. The number of nitrogens with one attached hydrogen (secondary N) is 3. The van der Waals surface area contributed by atoms with Gasteiger partial charge in [-0.3, -0.25) is 9.71 Å². The van der Waals surface area contributed by atoms with Crippen LogP contribution < -0.4 is 15.4 Å². The largest absolute Gasteiger partial charge is 0.334 e. The van der Waals surface area contributed by atoms with Crippen molar-refractivity contribution in [2.45, 2.75) is 11.4 Å². The molecule has 2 amide bonds. The Morgan fingerprint density at radius 1 is 1.00 bits per heavy atom. The van der Waals surface area contributed by atoms with Crippen molar-refractivity contribution in [3.05, 3.63) is 84.2 Å². The Morgan fingerprint density at radius 3 is 2.31 bits per heavy atom. The van der Waals surface area contributed by atoms with Crippen LogP contribution in [0.3, 0.4) is 0 Å². The van der Waals surface area contributed by atoms with E-state index in [0.29, 0.717) is 23.5 Å². The van der Waals surface area contributed by atoms with Crippen molar-refractivity contribution in [2.24, 2.45) is 0 Å². The summed E-state index contributed by atoms with van der Waals surface area (Å²) in [5.74, 6) is 0. The molecule has 2 aromatic carbocycles. The molecule has 8 nitrogen and oxygen atoms in total. The lowest BCUT2D eigenvalue weighted by Gasteiger charge is -2.10. The minimum absolute atomic E-state index is 0.0446. The quantitative estimate of drug-likeness (QED) is 0.579. The van der Waals surface area contributed by atoms with Crippen molar-refractivity contribution in [1.82, 2.24) is 10.3 Å². The number of hydrogen-bond acceptors (Lipinski definition) is 5. The molecule has 0 saturated heterocycles. The van der Waals surface area contributed by atoms with Crippen molar-refractivity contribution in [3.63, 3.8) is 0 Å². The highest BCUT2D eigenvalue weighted by Crippen LogP contribution is 2.18. The van der Waals surface area contributed by atoms with Crippen molar-refractivity contribution in [1.29, 1.82) is 5.26 Å². The normalized spacial score (nSPS) is 10.6. The molecule has 3 N–H and O–H groups in total. The molecule has 1 heterocycles. The Morgan fingerprint density at radius 2 is 1.69 bits per heavy atom. The van der Waals surface area contributed by atoms with Crippen LogP contribution >= 0.6 is 0 Å². The zero-order valence-electron chi connectivity index (χ0n) is 15.2. The lowest BCUT2D eigenvalue weighted by molar-refractivity contribution is 0.251. The number of nitriles is 1. The second-order valence-corrected chi connectivity index (χ2v) is 7.67. The van der Waals surface area contributed by atoms with Crippen LogP contribution in [0.15, 0.2) is 78.0 Å². The zero-order chi connectivity index (χ0) is 20.7. The van der Waals surface area contributed by atoms with Crippen LogP contribution in [0.5, 0.6) is 0 Å². The van der Waals surface area contributed by atoms with Gasteiger partial charge in [0.1, 0.15) is 0 Å². The first-order valence-corrected chi connectivity index (χ1v) is 10.0. The summed E-state index contributed by atoms with van der Waals surface area (Å²) in [7, 11) is -3.79. The highest BCUT2D eigenvalue weighted by molar-refractivity contribution is 7.92. The van der Waals surface area contributed by atoms with Crippen LogP contribution in [0.1, 0.15) is 11.1 Å². The number of aromatic nitrogens is 1. The number of urea groups is 1. The van der Waals surface area contributed by atoms with Crippen molar-refractivity contribution in [2.75, 3.05) is 10.0 Å².